The van der Waals surface area contributed by atoms with Gasteiger partial charge in [-0.25, -0.2) is 0 Å². The van der Waals surface area contributed by atoms with Gasteiger partial charge in [-0.3, -0.25) is 4.68 Å². The quantitative estimate of drug-likeness (QED) is 0.915. The van der Waals surface area contributed by atoms with Crippen molar-refractivity contribution in [3.05, 3.63) is 41.2 Å². The van der Waals surface area contributed by atoms with Gasteiger partial charge in [-0.15, -0.1) is 0 Å². The SMILES string of the molecule is Cc1nn(C)c(C)c1-c1ccc(CCC(C)N)cc1. The zero-order valence-corrected chi connectivity index (χ0v) is 12.3. The Labute approximate surface area is 115 Å². The Morgan fingerprint density at radius 1 is 1.21 bits per heavy atom. The minimum Gasteiger partial charge on any atom is -0.328 e. The first-order valence-electron chi connectivity index (χ1n) is 6.84. The molecule has 0 amide bonds. The van der Waals surface area contributed by atoms with Gasteiger partial charge in [0.1, 0.15) is 0 Å². The van der Waals surface area contributed by atoms with E-state index in [1.54, 1.807) is 0 Å². The average molecular weight is 257 g/mol. The van der Waals surface area contributed by atoms with Crippen LogP contribution in [0.1, 0.15) is 30.3 Å². The summed E-state index contributed by atoms with van der Waals surface area (Å²) in [6.45, 7) is 6.22. The van der Waals surface area contributed by atoms with Gasteiger partial charge in [0, 0.05) is 24.3 Å². The maximum Gasteiger partial charge on any atom is 0.0674 e. The van der Waals surface area contributed by atoms with E-state index in [0.29, 0.717) is 0 Å². The number of nitrogens with two attached hydrogens (primary N) is 1. The summed E-state index contributed by atoms with van der Waals surface area (Å²) in [6, 6.07) is 9.04. The van der Waals surface area contributed by atoms with Crippen LogP contribution in [0, 0.1) is 13.8 Å². The van der Waals surface area contributed by atoms with Gasteiger partial charge >= 0.3 is 0 Å². The standard InChI is InChI=1S/C16H23N3/c1-11(17)5-6-14-7-9-15(10-8-14)16-12(2)18-19(4)13(16)3/h7-11H,5-6,17H2,1-4H3. The van der Waals surface area contributed by atoms with E-state index in [2.05, 4.69) is 50.1 Å². The highest BCUT2D eigenvalue weighted by Crippen LogP contribution is 2.26. The highest BCUT2D eigenvalue weighted by Gasteiger charge is 2.11. The molecular formula is C16H23N3. The van der Waals surface area contributed by atoms with E-state index in [1.807, 2.05) is 11.7 Å². The first-order chi connectivity index (χ1) is 8.99. The molecule has 102 valence electrons. The molecular weight excluding hydrogens is 234 g/mol. The lowest BCUT2D eigenvalue weighted by Gasteiger charge is -2.07. The molecule has 0 saturated heterocycles. The van der Waals surface area contributed by atoms with Crippen LogP contribution in [0.25, 0.3) is 11.1 Å². The molecule has 19 heavy (non-hydrogen) atoms. The fourth-order valence-corrected chi connectivity index (χ4v) is 2.42. The van der Waals surface area contributed by atoms with Crippen LogP contribution in [0.15, 0.2) is 24.3 Å². The summed E-state index contributed by atoms with van der Waals surface area (Å²) >= 11 is 0. The van der Waals surface area contributed by atoms with Crippen molar-refractivity contribution in [3.63, 3.8) is 0 Å². The molecule has 0 aliphatic rings. The van der Waals surface area contributed by atoms with Gasteiger partial charge < -0.3 is 5.73 Å². The van der Waals surface area contributed by atoms with Crippen molar-refractivity contribution in [1.82, 2.24) is 9.78 Å². The molecule has 0 saturated carbocycles. The van der Waals surface area contributed by atoms with Crippen LogP contribution in [-0.4, -0.2) is 15.8 Å². The maximum absolute atomic E-state index is 5.79. The van der Waals surface area contributed by atoms with Crippen LogP contribution in [0.2, 0.25) is 0 Å². The largest absolute Gasteiger partial charge is 0.328 e. The molecule has 1 atom stereocenters. The van der Waals surface area contributed by atoms with Gasteiger partial charge in [0.25, 0.3) is 0 Å². The predicted octanol–water partition coefficient (Wildman–Crippen LogP) is 2.98. The summed E-state index contributed by atoms with van der Waals surface area (Å²) in [7, 11) is 1.99. The van der Waals surface area contributed by atoms with Crippen molar-refractivity contribution in [2.45, 2.75) is 39.7 Å². The van der Waals surface area contributed by atoms with Gasteiger partial charge in [-0.05, 0) is 44.7 Å². The summed E-state index contributed by atoms with van der Waals surface area (Å²) in [5.41, 5.74) is 11.9. The molecule has 1 aromatic carbocycles. The van der Waals surface area contributed by atoms with Crippen LogP contribution in [-0.2, 0) is 13.5 Å². The second-order valence-electron chi connectivity index (χ2n) is 5.38. The van der Waals surface area contributed by atoms with E-state index in [4.69, 9.17) is 5.73 Å². The second kappa shape index (κ2) is 5.57. The Bertz CT molecular complexity index is 550. The number of hydrogen-bond acceptors (Lipinski definition) is 2. The first kappa shape index (κ1) is 13.8. The number of nitrogens with zero attached hydrogens (tertiary/aromatic N) is 2. The minimum absolute atomic E-state index is 0.266. The highest BCUT2D eigenvalue weighted by atomic mass is 15.3. The van der Waals surface area contributed by atoms with Crippen LogP contribution in [0.4, 0.5) is 0 Å². The fraction of sp³-hybridized carbons (Fsp3) is 0.438. The maximum atomic E-state index is 5.79. The minimum atomic E-state index is 0.266. The molecule has 0 spiro atoms. The molecule has 0 fully saturated rings. The van der Waals surface area contributed by atoms with Crippen molar-refractivity contribution in [2.75, 3.05) is 0 Å². The normalized spacial score (nSPS) is 12.7. The van der Waals surface area contributed by atoms with Crippen molar-refractivity contribution in [3.8, 4) is 11.1 Å². The second-order valence-corrected chi connectivity index (χ2v) is 5.38. The van der Waals surface area contributed by atoms with Gasteiger partial charge in [0.15, 0.2) is 0 Å². The molecule has 1 heterocycles. The Balaban J connectivity index is 2.23. The van der Waals surface area contributed by atoms with E-state index >= 15 is 0 Å². The molecule has 2 aromatic rings. The smallest absolute Gasteiger partial charge is 0.0674 e. The first-order valence-corrected chi connectivity index (χ1v) is 6.84. The van der Waals surface area contributed by atoms with E-state index in [1.165, 1.54) is 22.4 Å². The molecule has 0 aliphatic carbocycles. The molecule has 1 aromatic heterocycles. The number of rotatable bonds is 4. The Kier molecular flexibility index (Phi) is 4.05. The van der Waals surface area contributed by atoms with Crippen molar-refractivity contribution in [2.24, 2.45) is 12.8 Å². The third kappa shape index (κ3) is 3.04. The Morgan fingerprint density at radius 3 is 2.32 bits per heavy atom. The van der Waals surface area contributed by atoms with E-state index in [9.17, 15) is 0 Å². The van der Waals surface area contributed by atoms with E-state index < -0.39 is 0 Å². The molecule has 1 unspecified atom stereocenters. The van der Waals surface area contributed by atoms with Crippen LogP contribution in [0.5, 0.6) is 0 Å². The lowest BCUT2D eigenvalue weighted by molar-refractivity contribution is 0.666. The monoisotopic (exact) mass is 257 g/mol. The van der Waals surface area contributed by atoms with Gasteiger partial charge in [0.05, 0.1) is 5.69 Å². The molecule has 2 rings (SSSR count). The van der Waals surface area contributed by atoms with Crippen molar-refractivity contribution in [1.29, 1.82) is 0 Å². The van der Waals surface area contributed by atoms with Crippen molar-refractivity contribution >= 4 is 0 Å². The Hall–Kier alpha value is -1.61. The average Bonchev–Trinajstić information content (AvgIpc) is 2.62. The summed E-state index contributed by atoms with van der Waals surface area (Å²) in [5.74, 6) is 0. The molecule has 0 bridgehead atoms. The van der Waals surface area contributed by atoms with Gasteiger partial charge in [0.2, 0.25) is 0 Å². The summed E-state index contributed by atoms with van der Waals surface area (Å²) < 4.78 is 1.94. The van der Waals surface area contributed by atoms with Crippen LogP contribution >= 0.6 is 0 Å². The molecule has 2 N–H and O–H groups in total. The van der Waals surface area contributed by atoms with Crippen LogP contribution in [0.3, 0.4) is 0 Å². The topological polar surface area (TPSA) is 43.8 Å². The molecule has 3 heteroatoms. The fourth-order valence-electron chi connectivity index (χ4n) is 2.42. The Morgan fingerprint density at radius 2 is 1.84 bits per heavy atom. The van der Waals surface area contributed by atoms with E-state index in [0.717, 1.165) is 18.5 Å². The van der Waals surface area contributed by atoms with Crippen molar-refractivity contribution < 1.29 is 0 Å². The number of aromatic nitrogens is 2. The number of benzene rings is 1. The third-order valence-corrected chi connectivity index (χ3v) is 3.64. The predicted molar refractivity (Wildman–Crippen MR) is 80.1 cm³/mol. The zero-order valence-electron chi connectivity index (χ0n) is 12.3. The van der Waals surface area contributed by atoms with Gasteiger partial charge in [-0.1, -0.05) is 24.3 Å². The highest BCUT2D eigenvalue weighted by molar-refractivity contribution is 5.68. The van der Waals surface area contributed by atoms with Gasteiger partial charge in [-0.2, -0.15) is 5.10 Å². The summed E-state index contributed by atoms with van der Waals surface area (Å²) in [4.78, 5) is 0. The molecule has 0 aliphatic heterocycles. The number of hydrogen-bond donors (Lipinski definition) is 1. The summed E-state index contributed by atoms with van der Waals surface area (Å²) in [6.07, 6.45) is 2.08. The summed E-state index contributed by atoms with van der Waals surface area (Å²) in [5, 5.41) is 4.47. The lowest BCUT2D eigenvalue weighted by Crippen LogP contribution is -2.15. The molecule has 3 nitrogen and oxygen atoms in total. The van der Waals surface area contributed by atoms with E-state index in [-0.39, 0.29) is 6.04 Å². The lowest BCUT2D eigenvalue weighted by atomic mass is 10.00. The zero-order chi connectivity index (χ0) is 14.0. The third-order valence-electron chi connectivity index (χ3n) is 3.64. The number of aryl methyl sites for hydroxylation is 3. The molecule has 0 radical (unpaired) electrons. The van der Waals surface area contributed by atoms with Crippen LogP contribution < -0.4 is 5.73 Å².